The van der Waals surface area contributed by atoms with Gasteiger partial charge < -0.3 is 11.1 Å². The van der Waals surface area contributed by atoms with E-state index in [4.69, 9.17) is 5.73 Å². The zero-order valence-corrected chi connectivity index (χ0v) is 15.7. The van der Waals surface area contributed by atoms with Crippen LogP contribution in [0, 0.1) is 5.92 Å². The zero-order chi connectivity index (χ0) is 16.4. The Hall–Kier alpha value is -1.07. The fourth-order valence-electron chi connectivity index (χ4n) is 4.21. The van der Waals surface area contributed by atoms with E-state index in [0.29, 0.717) is 5.92 Å². The van der Waals surface area contributed by atoms with Crippen molar-refractivity contribution in [3.8, 4) is 0 Å². The molecule has 1 aromatic rings. The van der Waals surface area contributed by atoms with E-state index in [1.807, 2.05) is 14.0 Å². The first-order valence-electron chi connectivity index (χ1n) is 9.11. The van der Waals surface area contributed by atoms with Gasteiger partial charge in [0.25, 0.3) is 0 Å². The lowest BCUT2D eigenvalue weighted by molar-refractivity contribution is -0.122. The monoisotopic (exact) mass is 354 g/mol. The standard InChI is InChI=1S/C18H30N4O.ClH/c1-18(19)11-7-6-10-14(18)17(23)20-16-12-15(21-22(16)2)13-8-4-3-5-9-13;/h12-14H,3-11,19H2,1-2H3,(H,20,23);1H. The third kappa shape index (κ3) is 4.12. The summed E-state index contributed by atoms with van der Waals surface area (Å²) in [6.07, 6.45) is 10.4. The summed E-state index contributed by atoms with van der Waals surface area (Å²) in [5, 5.41) is 7.72. The Morgan fingerprint density at radius 1 is 1.25 bits per heavy atom. The number of nitrogens with zero attached hydrogens (tertiary/aromatic N) is 2. The Morgan fingerprint density at radius 3 is 2.58 bits per heavy atom. The quantitative estimate of drug-likeness (QED) is 0.868. The molecule has 0 saturated heterocycles. The molecule has 2 aliphatic rings. The predicted molar refractivity (Wildman–Crippen MR) is 99.5 cm³/mol. The Labute approximate surface area is 151 Å². The lowest BCUT2D eigenvalue weighted by Crippen LogP contribution is -2.51. The molecule has 0 radical (unpaired) electrons. The van der Waals surface area contributed by atoms with Gasteiger partial charge in [0.05, 0.1) is 11.6 Å². The first-order valence-corrected chi connectivity index (χ1v) is 9.11. The second-order valence-electron chi connectivity index (χ2n) is 7.71. The highest BCUT2D eigenvalue weighted by atomic mass is 35.5. The van der Waals surface area contributed by atoms with E-state index in [2.05, 4.69) is 16.5 Å². The third-order valence-corrected chi connectivity index (χ3v) is 5.74. The van der Waals surface area contributed by atoms with Crippen molar-refractivity contribution in [1.29, 1.82) is 0 Å². The van der Waals surface area contributed by atoms with Gasteiger partial charge in [-0.15, -0.1) is 12.4 Å². The highest BCUT2D eigenvalue weighted by Gasteiger charge is 2.38. The number of aryl methyl sites for hydroxylation is 1. The van der Waals surface area contributed by atoms with Gasteiger partial charge in [-0.2, -0.15) is 5.10 Å². The summed E-state index contributed by atoms with van der Waals surface area (Å²) in [7, 11) is 1.91. The highest BCUT2D eigenvalue weighted by Crippen LogP contribution is 2.34. The zero-order valence-electron chi connectivity index (χ0n) is 14.9. The Morgan fingerprint density at radius 2 is 1.92 bits per heavy atom. The van der Waals surface area contributed by atoms with Crippen LogP contribution >= 0.6 is 12.4 Å². The molecule has 0 spiro atoms. The van der Waals surface area contributed by atoms with Crippen LogP contribution in [0.15, 0.2) is 6.07 Å². The van der Waals surface area contributed by atoms with Crippen molar-refractivity contribution < 1.29 is 4.79 Å². The summed E-state index contributed by atoms with van der Waals surface area (Å²) in [5.74, 6) is 1.30. The molecule has 2 atom stereocenters. The van der Waals surface area contributed by atoms with E-state index >= 15 is 0 Å². The lowest BCUT2D eigenvalue weighted by Gasteiger charge is -2.37. The molecular formula is C18H31ClN4O. The molecule has 3 N–H and O–H groups in total. The van der Waals surface area contributed by atoms with Gasteiger partial charge in [0.1, 0.15) is 5.82 Å². The van der Waals surface area contributed by atoms with E-state index < -0.39 is 5.54 Å². The Kier molecular flexibility index (Phi) is 6.32. The predicted octanol–water partition coefficient (Wildman–Crippen LogP) is 3.74. The number of hydrogen-bond donors (Lipinski definition) is 2. The minimum absolute atomic E-state index is 0. The summed E-state index contributed by atoms with van der Waals surface area (Å²) in [6.45, 7) is 2.01. The Balaban J connectivity index is 0.00000208. The minimum atomic E-state index is -0.396. The van der Waals surface area contributed by atoms with Crippen LogP contribution in [0.25, 0.3) is 0 Å². The van der Waals surface area contributed by atoms with Crippen LogP contribution in [0.2, 0.25) is 0 Å². The molecule has 1 heterocycles. The fraction of sp³-hybridized carbons (Fsp3) is 0.778. The largest absolute Gasteiger partial charge is 0.325 e. The number of hydrogen-bond acceptors (Lipinski definition) is 3. The number of rotatable bonds is 3. The molecule has 0 aliphatic heterocycles. The summed E-state index contributed by atoms with van der Waals surface area (Å²) in [6, 6.07) is 2.06. The fourth-order valence-corrected chi connectivity index (χ4v) is 4.21. The summed E-state index contributed by atoms with van der Waals surface area (Å²) in [4.78, 5) is 12.7. The summed E-state index contributed by atoms with van der Waals surface area (Å²) in [5.41, 5.74) is 7.08. The van der Waals surface area contributed by atoms with E-state index in [1.54, 1.807) is 4.68 Å². The first kappa shape index (κ1) is 19.3. The number of nitrogens with two attached hydrogens (primary N) is 1. The van der Waals surface area contributed by atoms with Crippen molar-refractivity contribution in [2.24, 2.45) is 18.7 Å². The SMILES string of the molecule is Cl.Cn1nc(C2CCCCC2)cc1NC(=O)C1CCCCC1(C)N. The summed E-state index contributed by atoms with van der Waals surface area (Å²) >= 11 is 0. The van der Waals surface area contributed by atoms with Crippen LogP contribution in [0.4, 0.5) is 5.82 Å². The number of carbonyl (C=O) groups is 1. The molecule has 2 fully saturated rings. The first-order chi connectivity index (χ1) is 11.0. The van der Waals surface area contributed by atoms with Crippen molar-refractivity contribution in [1.82, 2.24) is 9.78 Å². The normalized spacial score (nSPS) is 28.2. The van der Waals surface area contributed by atoms with Gasteiger partial charge in [0.15, 0.2) is 0 Å². The number of carbonyl (C=O) groups excluding carboxylic acids is 1. The van der Waals surface area contributed by atoms with Gasteiger partial charge in [-0.25, -0.2) is 0 Å². The molecule has 0 bridgehead atoms. The molecule has 136 valence electrons. The van der Waals surface area contributed by atoms with E-state index in [-0.39, 0.29) is 24.2 Å². The molecule has 6 heteroatoms. The molecule has 2 unspecified atom stereocenters. The number of anilines is 1. The van der Waals surface area contributed by atoms with Crippen molar-refractivity contribution in [3.05, 3.63) is 11.8 Å². The number of nitrogens with one attached hydrogen (secondary N) is 1. The highest BCUT2D eigenvalue weighted by molar-refractivity contribution is 5.92. The van der Waals surface area contributed by atoms with Crippen molar-refractivity contribution in [2.45, 2.75) is 76.2 Å². The maximum absolute atomic E-state index is 12.7. The molecule has 1 aromatic heterocycles. The van der Waals surface area contributed by atoms with Crippen LogP contribution in [-0.4, -0.2) is 21.2 Å². The van der Waals surface area contributed by atoms with E-state index in [1.165, 1.54) is 32.1 Å². The van der Waals surface area contributed by atoms with Gasteiger partial charge in [-0.05, 0) is 32.6 Å². The van der Waals surface area contributed by atoms with Crippen molar-refractivity contribution in [3.63, 3.8) is 0 Å². The number of amides is 1. The van der Waals surface area contributed by atoms with Crippen LogP contribution in [-0.2, 0) is 11.8 Å². The molecule has 5 nitrogen and oxygen atoms in total. The van der Waals surface area contributed by atoms with Gasteiger partial charge in [-0.1, -0.05) is 32.1 Å². The van der Waals surface area contributed by atoms with Crippen LogP contribution in [0.1, 0.15) is 76.3 Å². The van der Waals surface area contributed by atoms with E-state index in [9.17, 15) is 4.79 Å². The topological polar surface area (TPSA) is 72.9 Å². The lowest BCUT2D eigenvalue weighted by atomic mass is 9.74. The van der Waals surface area contributed by atoms with Gasteiger partial charge in [0.2, 0.25) is 5.91 Å². The molecule has 24 heavy (non-hydrogen) atoms. The van der Waals surface area contributed by atoms with Crippen molar-refractivity contribution >= 4 is 24.1 Å². The molecule has 1 amide bonds. The average molecular weight is 355 g/mol. The van der Waals surface area contributed by atoms with Crippen LogP contribution in [0.3, 0.4) is 0 Å². The maximum Gasteiger partial charge on any atom is 0.230 e. The minimum Gasteiger partial charge on any atom is -0.325 e. The maximum atomic E-state index is 12.7. The number of aromatic nitrogens is 2. The number of halogens is 1. The van der Waals surface area contributed by atoms with Gasteiger partial charge in [-0.3, -0.25) is 9.48 Å². The summed E-state index contributed by atoms with van der Waals surface area (Å²) < 4.78 is 1.80. The third-order valence-electron chi connectivity index (χ3n) is 5.74. The van der Waals surface area contributed by atoms with Gasteiger partial charge in [0, 0.05) is 24.6 Å². The molecule has 2 saturated carbocycles. The molecular weight excluding hydrogens is 324 g/mol. The van der Waals surface area contributed by atoms with Gasteiger partial charge >= 0.3 is 0 Å². The molecule has 0 aromatic carbocycles. The molecule has 2 aliphatic carbocycles. The van der Waals surface area contributed by atoms with Crippen LogP contribution < -0.4 is 11.1 Å². The average Bonchev–Trinajstić information content (AvgIpc) is 2.88. The van der Waals surface area contributed by atoms with E-state index in [0.717, 1.165) is 37.2 Å². The smallest absolute Gasteiger partial charge is 0.230 e. The second kappa shape index (κ2) is 7.87. The second-order valence-corrected chi connectivity index (χ2v) is 7.71. The molecule has 3 rings (SSSR count). The Bertz CT molecular complexity index is 563. The van der Waals surface area contributed by atoms with Crippen molar-refractivity contribution in [2.75, 3.05) is 5.32 Å². The van der Waals surface area contributed by atoms with Crippen LogP contribution in [0.5, 0.6) is 0 Å².